The van der Waals surface area contributed by atoms with Crippen molar-refractivity contribution < 1.29 is 14.3 Å². The van der Waals surface area contributed by atoms with Crippen molar-refractivity contribution in [2.75, 3.05) is 44.2 Å². The van der Waals surface area contributed by atoms with Gasteiger partial charge in [0.2, 0.25) is 0 Å². The van der Waals surface area contributed by atoms with Crippen LogP contribution in [0.4, 0.5) is 16.3 Å². The van der Waals surface area contributed by atoms with Crippen LogP contribution in [0.1, 0.15) is 24.3 Å². The highest BCUT2D eigenvalue weighted by atomic mass is 16.6. The maximum absolute atomic E-state index is 12.7. The molecule has 0 bridgehead atoms. The van der Waals surface area contributed by atoms with Gasteiger partial charge in [-0.05, 0) is 38.1 Å². The third-order valence-corrected chi connectivity index (χ3v) is 4.62. The minimum absolute atomic E-state index is 0.176. The Labute approximate surface area is 164 Å². The van der Waals surface area contributed by atoms with Crippen molar-refractivity contribution in [1.29, 1.82) is 0 Å². The first kappa shape index (κ1) is 19.6. The summed E-state index contributed by atoms with van der Waals surface area (Å²) in [7, 11) is 0. The maximum atomic E-state index is 12.7. The molecule has 3 rings (SSSR count). The number of rotatable bonds is 5. The van der Waals surface area contributed by atoms with E-state index >= 15 is 0 Å². The van der Waals surface area contributed by atoms with Gasteiger partial charge < -0.3 is 19.4 Å². The van der Waals surface area contributed by atoms with E-state index in [1.165, 1.54) is 0 Å². The highest BCUT2D eigenvalue weighted by Crippen LogP contribution is 2.22. The molecule has 28 heavy (non-hydrogen) atoms. The van der Waals surface area contributed by atoms with Gasteiger partial charge in [-0.3, -0.25) is 4.79 Å². The molecule has 0 aliphatic carbocycles. The molecular weight excluding hydrogens is 358 g/mol. The van der Waals surface area contributed by atoms with Crippen LogP contribution in [-0.4, -0.2) is 71.3 Å². The SMILES string of the molecule is CCOC(=O)N1CCN(C(=O)c2ccc(N(CC)c3ccccc3)nn2)CC1. The summed E-state index contributed by atoms with van der Waals surface area (Å²) in [4.78, 5) is 29.8. The lowest BCUT2D eigenvalue weighted by Gasteiger charge is -2.33. The highest BCUT2D eigenvalue weighted by molar-refractivity contribution is 5.92. The molecule has 8 nitrogen and oxygen atoms in total. The van der Waals surface area contributed by atoms with Crippen LogP contribution in [0.5, 0.6) is 0 Å². The van der Waals surface area contributed by atoms with E-state index in [4.69, 9.17) is 4.74 Å². The van der Waals surface area contributed by atoms with Crippen LogP contribution in [-0.2, 0) is 4.74 Å². The van der Waals surface area contributed by atoms with Crippen LogP contribution in [0.3, 0.4) is 0 Å². The summed E-state index contributed by atoms with van der Waals surface area (Å²) in [5, 5.41) is 8.40. The fourth-order valence-corrected chi connectivity index (χ4v) is 3.14. The molecule has 1 fully saturated rings. The predicted octanol–water partition coefficient (Wildman–Crippen LogP) is 2.55. The fourth-order valence-electron chi connectivity index (χ4n) is 3.14. The minimum Gasteiger partial charge on any atom is -0.450 e. The molecule has 0 N–H and O–H groups in total. The maximum Gasteiger partial charge on any atom is 0.409 e. The zero-order valence-corrected chi connectivity index (χ0v) is 16.2. The van der Waals surface area contributed by atoms with Gasteiger partial charge in [0.15, 0.2) is 11.5 Å². The summed E-state index contributed by atoms with van der Waals surface area (Å²) in [5.41, 5.74) is 1.32. The molecule has 0 spiro atoms. The molecule has 148 valence electrons. The van der Waals surface area contributed by atoms with Gasteiger partial charge in [0.05, 0.1) is 6.61 Å². The highest BCUT2D eigenvalue weighted by Gasteiger charge is 2.26. The van der Waals surface area contributed by atoms with E-state index in [1.807, 2.05) is 48.2 Å². The summed E-state index contributed by atoms with van der Waals surface area (Å²) >= 11 is 0. The lowest BCUT2D eigenvalue weighted by Crippen LogP contribution is -2.50. The van der Waals surface area contributed by atoms with Gasteiger partial charge in [-0.15, -0.1) is 10.2 Å². The second kappa shape index (κ2) is 9.16. The van der Waals surface area contributed by atoms with Crippen LogP contribution in [0.2, 0.25) is 0 Å². The van der Waals surface area contributed by atoms with Crippen molar-refractivity contribution >= 4 is 23.5 Å². The van der Waals surface area contributed by atoms with E-state index in [9.17, 15) is 9.59 Å². The third kappa shape index (κ3) is 4.39. The first-order chi connectivity index (χ1) is 13.6. The average Bonchev–Trinajstić information content (AvgIpc) is 2.75. The zero-order chi connectivity index (χ0) is 19.9. The number of ether oxygens (including phenoxy) is 1. The number of hydrogen-bond donors (Lipinski definition) is 0. The standard InChI is InChI=1S/C20H25N5O3/c1-3-25(16-8-6-5-7-9-16)18-11-10-17(21-22-18)19(26)23-12-14-24(15-13-23)20(27)28-4-2/h5-11H,3-4,12-15H2,1-2H3. The van der Waals surface area contributed by atoms with Gasteiger partial charge in [0.1, 0.15) is 0 Å². The van der Waals surface area contributed by atoms with Crippen molar-refractivity contribution in [3.05, 3.63) is 48.2 Å². The largest absolute Gasteiger partial charge is 0.450 e. The van der Waals surface area contributed by atoms with E-state index in [1.54, 1.807) is 22.8 Å². The van der Waals surface area contributed by atoms with Gasteiger partial charge in [-0.2, -0.15) is 0 Å². The summed E-state index contributed by atoms with van der Waals surface area (Å²) in [6.45, 7) is 6.70. The number of para-hydroxylation sites is 1. The second-order valence-corrected chi connectivity index (χ2v) is 6.33. The summed E-state index contributed by atoms with van der Waals surface area (Å²) < 4.78 is 5.00. The van der Waals surface area contributed by atoms with E-state index < -0.39 is 0 Å². The minimum atomic E-state index is -0.334. The number of hydrogen-bond acceptors (Lipinski definition) is 6. The molecule has 8 heteroatoms. The molecule has 1 aromatic heterocycles. The monoisotopic (exact) mass is 383 g/mol. The summed E-state index contributed by atoms with van der Waals surface area (Å²) in [6.07, 6.45) is -0.334. The van der Waals surface area contributed by atoms with Crippen LogP contribution in [0, 0.1) is 0 Å². The molecule has 2 heterocycles. The topological polar surface area (TPSA) is 78.9 Å². The molecule has 0 radical (unpaired) electrons. The molecule has 0 saturated carbocycles. The molecule has 1 saturated heterocycles. The van der Waals surface area contributed by atoms with Crippen molar-refractivity contribution in [3.8, 4) is 0 Å². The summed E-state index contributed by atoms with van der Waals surface area (Å²) in [6, 6.07) is 13.4. The Bertz CT molecular complexity index is 789. The summed E-state index contributed by atoms with van der Waals surface area (Å²) in [5.74, 6) is 0.516. The van der Waals surface area contributed by atoms with Crippen molar-refractivity contribution in [3.63, 3.8) is 0 Å². The fraction of sp³-hybridized carbons (Fsp3) is 0.400. The predicted molar refractivity (Wildman–Crippen MR) is 106 cm³/mol. The molecule has 1 aliphatic rings. The number of aromatic nitrogens is 2. The van der Waals surface area contributed by atoms with Gasteiger partial charge in [-0.1, -0.05) is 18.2 Å². The number of carbonyl (C=O) groups is 2. The van der Waals surface area contributed by atoms with Crippen LogP contribution in [0.15, 0.2) is 42.5 Å². The molecule has 2 amide bonds. The number of anilines is 2. The molecular formula is C20H25N5O3. The number of benzene rings is 1. The Hall–Kier alpha value is -3.16. The van der Waals surface area contributed by atoms with Gasteiger partial charge >= 0.3 is 6.09 Å². The van der Waals surface area contributed by atoms with E-state index in [0.29, 0.717) is 44.3 Å². The van der Waals surface area contributed by atoms with E-state index in [2.05, 4.69) is 10.2 Å². The zero-order valence-electron chi connectivity index (χ0n) is 16.2. The quantitative estimate of drug-likeness (QED) is 0.790. The number of amides is 2. The average molecular weight is 383 g/mol. The Kier molecular flexibility index (Phi) is 6.41. The van der Waals surface area contributed by atoms with E-state index in [-0.39, 0.29) is 12.0 Å². The Balaban J connectivity index is 1.63. The van der Waals surface area contributed by atoms with Crippen molar-refractivity contribution in [1.82, 2.24) is 20.0 Å². The molecule has 2 aromatic rings. The van der Waals surface area contributed by atoms with Crippen molar-refractivity contribution in [2.45, 2.75) is 13.8 Å². The molecule has 0 atom stereocenters. The smallest absolute Gasteiger partial charge is 0.409 e. The van der Waals surface area contributed by atoms with E-state index in [0.717, 1.165) is 12.2 Å². The number of carbonyl (C=O) groups excluding carboxylic acids is 2. The Morgan fingerprint density at radius 3 is 2.21 bits per heavy atom. The third-order valence-electron chi connectivity index (χ3n) is 4.62. The molecule has 1 aliphatic heterocycles. The van der Waals surface area contributed by atoms with Gasteiger partial charge in [0, 0.05) is 38.4 Å². The first-order valence-corrected chi connectivity index (χ1v) is 9.51. The van der Waals surface area contributed by atoms with Crippen LogP contribution < -0.4 is 4.90 Å². The second-order valence-electron chi connectivity index (χ2n) is 6.33. The van der Waals surface area contributed by atoms with Crippen LogP contribution >= 0.6 is 0 Å². The Morgan fingerprint density at radius 2 is 1.64 bits per heavy atom. The molecule has 0 unspecified atom stereocenters. The Morgan fingerprint density at radius 1 is 0.964 bits per heavy atom. The lowest BCUT2D eigenvalue weighted by atomic mass is 10.2. The number of nitrogens with zero attached hydrogens (tertiary/aromatic N) is 5. The van der Waals surface area contributed by atoms with Crippen LogP contribution in [0.25, 0.3) is 0 Å². The van der Waals surface area contributed by atoms with Crippen molar-refractivity contribution in [2.24, 2.45) is 0 Å². The molecule has 1 aromatic carbocycles. The lowest BCUT2D eigenvalue weighted by molar-refractivity contribution is 0.0565. The van der Waals surface area contributed by atoms with Gasteiger partial charge in [0.25, 0.3) is 5.91 Å². The number of piperazine rings is 1. The van der Waals surface area contributed by atoms with Gasteiger partial charge in [-0.25, -0.2) is 4.79 Å². The first-order valence-electron chi connectivity index (χ1n) is 9.51. The normalized spacial score (nSPS) is 13.9.